The van der Waals surface area contributed by atoms with E-state index in [0.29, 0.717) is 0 Å². The SMILES string of the molecule is Cc1cc(Nc2ccccc2)ncc1SC(C)(C)C. The summed E-state index contributed by atoms with van der Waals surface area (Å²) in [4.78, 5) is 5.73. The van der Waals surface area contributed by atoms with Crippen LogP contribution < -0.4 is 5.32 Å². The van der Waals surface area contributed by atoms with Crippen LogP contribution in [0.1, 0.15) is 26.3 Å². The van der Waals surface area contributed by atoms with E-state index < -0.39 is 0 Å². The number of hydrogen-bond donors (Lipinski definition) is 1. The van der Waals surface area contributed by atoms with Crippen molar-refractivity contribution in [1.29, 1.82) is 0 Å². The lowest BCUT2D eigenvalue weighted by molar-refractivity contribution is 0.801. The highest BCUT2D eigenvalue weighted by Gasteiger charge is 2.14. The van der Waals surface area contributed by atoms with Crippen LogP contribution in [-0.2, 0) is 0 Å². The molecule has 0 aliphatic carbocycles. The summed E-state index contributed by atoms with van der Waals surface area (Å²) in [7, 11) is 0. The zero-order chi connectivity index (χ0) is 13.9. The van der Waals surface area contributed by atoms with Gasteiger partial charge in [0, 0.05) is 21.5 Å². The fourth-order valence-electron chi connectivity index (χ4n) is 1.72. The third kappa shape index (κ3) is 4.28. The first-order valence-corrected chi connectivity index (χ1v) is 7.23. The Morgan fingerprint density at radius 3 is 2.37 bits per heavy atom. The number of thioether (sulfide) groups is 1. The van der Waals surface area contributed by atoms with Crippen molar-refractivity contribution >= 4 is 23.3 Å². The first kappa shape index (κ1) is 13.9. The van der Waals surface area contributed by atoms with Gasteiger partial charge in [-0.1, -0.05) is 39.0 Å². The summed E-state index contributed by atoms with van der Waals surface area (Å²) in [6.45, 7) is 8.78. The molecule has 0 aliphatic rings. The molecule has 0 saturated heterocycles. The first-order chi connectivity index (χ1) is 8.94. The van der Waals surface area contributed by atoms with Crippen molar-refractivity contribution in [3.63, 3.8) is 0 Å². The summed E-state index contributed by atoms with van der Waals surface area (Å²) in [5.41, 5.74) is 2.32. The maximum Gasteiger partial charge on any atom is 0.130 e. The quantitative estimate of drug-likeness (QED) is 0.794. The molecule has 1 aromatic carbocycles. The lowest BCUT2D eigenvalue weighted by Gasteiger charge is -2.19. The minimum absolute atomic E-state index is 0.209. The average Bonchev–Trinajstić information content (AvgIpc) is 2.33. The van der Waals surface area contributed by atoms with Crippen molar-refractivity contribution in [3.8, 4) is 0 Å². The summed E-state index contributed by atoms with van der Waals surface area (Å²) in [5, 5.41) is 3.31. The predicted molar refractivity (Wildman–Crippen MR) is 84.3 cm³/mol. The van der Waals surface area contributed by atoms with E-state index >= 15 is 0 Å². The highest BCUT2D eigenvalue weighted by atomic mass is 32.2. The molecule has 1 N–H and O–H groups in total. The van der Waals surface area contributed by atoms with E-state index in [1.807, 2.05) is 48.3 Å². The van der Waals surface area contributed by atoms with Crippen LogP contribution in [0.3, 0.4) is 0 Å². The fraction of sp³-hybridized carbons (Fsp3) is 0.312. The van der Waals surface area contributed by atoms with E-state index in [2.05, 4.69) is 44.1 Å². The van der Waals surface area contributed by atoms with Gasteiger partial charge in [-0.3, -0.25) is 0 Å². The highest BCUT2D eigenvalue weighted by Crippen LogP contribution is 2.34. The van der Waals surface area contributed by atoms with Gasteiger partial charge < -0.3 is 5.32 Å². The van der Waals surface area contributed by atoms with Gasteiger partial charge in [0.25, 0.3) is 0 Å². The van der Waals surface area contributed by atoms with E-state index in [0.717, 1.165) is 11.5 Å². The molecule has 0 bridgehead atoms. The van der Waals surface area contributed by atoms with Crippen LogP contribution >= 0.6 is 11.8 Å². The number of rotatable bonds is 3. The molecular formula is C16H20N2S. The van der Waals surface area contributed by atoms with Gasteiger partial charge >= 0.3 is 0 Å². The molecule has 0 unspecified atom stereocenters. The molecule has 2 aromatic rings. The predicted octanol–water partition coefficient (Wildman–Crippen LogP) is 5.02. The molecule has 3 heteroatoms. The van der Waals surface area contributed by atoms with Gasteiger partial charge in [-0.15, -0.1) is 11.8 Å². The molecule has 0 fully saturated rings. The number of anilines is 2. The summed E-state index contributed by atoms with van der Waals surface area (Å²) in [5.74, 6) is 0.891. The Balaban J connectivity index is 2.15. The van der Waals surface area contributed by atoms with Gasteiger partial charge in [-0.2, -0.15) is 0 Å². The standard InChI is InChI=1S/C16H20N2S/c1-12-10-15(18-13-8-6-5-7-9-13)17-11-14(12)19-16(2,3)4/h5-11H,1-4H3,(H,17,18). The molecule has 2 nitrogen and oxygen atoms in total. The third-order valence-corrected chi connectivity index (χ3v) is 3.78. The maximum atomic E-state index is 4.49. The number of aryl methyl sites for hydroxylation is 1. The van der Waals surface area contributed by atoms with Crippen LogP contribution in [0, 0.1) is 6.92 Å². The molecule has 0 radical (unpaired) electrons. The Kier molecular flexibility index (Phi) is 4.15. The van der Waals surface area contributed by atoms with E-state index in [9.17, 15) is 0 Å². The van der Waals surface area contributed by atoms with Crippen LogP contribution in [0.2, 0.25) is 0 Å². The molecule has 0 aliphatic heterocycles. The number of para-hydroxylation sites is 1. The van der Waals surface area contributed by atoms with Gasteiger partial charge in [0.2, 0.25) is 0 Å². The second-order valence-corrected chi connectivity index (χ2v) is 7.41. The van der Waals surface area contributed by atoms with Crippen LogP contribution in [-0.4, -0.2) is 9.73 Å². The van der Waals surface area contributed by atoms with Crippen molar-refractivity contribution in [2.24, 2.45) is 0 Å². The van der Waals surface area contributed by atoms with Crippen molar-refractivity contribution < 1.29 is 0 Å². The number of benzene rings is 1. The first-order valence-electron chi connectivity index (χ1n) is 6.42. The summed E-state index contributed by atoms with van der Waals surface area (Å²) in [6, 6.07) is 12.2. The molecule has 100 valence electrons. The highest BCUT2D eigenvalue weighted by molar-refractivity contribution is 8.00. The van der Waals surface area contributed by atoms with E-state index in [-0.39, 0.29) is 4.75 Å². The van der Waals surface area contributed by atoms with E-state index in [1.165, 1.54) is 10.5 Å². The molecule has 1 aromatic heterocycles. The second kappa shape index (κ2) is 5.66. The van der Waals surface area contributed by atoms with Crippen molar-refractivity contribution in [3.05, 3.63) is 48.2 Å². The maximum absolute atomic E-state index is 4.49. The minimum atomic E-state index is 0.209. The van der Waals surface area contributed by atoms with E-state index in [1.54, 1.807) is 0 Å². The smallest absolute Gasteiger partial charge is 0.130 e. The Labute approximate surface area is 119 Å². The van der Waals surface area contributed by atoms with Crippen molar-refractivity contribution in [1.82, 2.24) is 4.98 Å². The molecule has 0 spiro atoms. The lowest BCUT2D eigenvalue weighted by Crippen LogP contribution is -2.07. The molecule has 19 heavy (non-hydrogen) atoms. The topological polar surface area (TPSA) is 24.9 Å². The Bertz CT molecular complexity index is 544. The fourth-order valence-corrected chi connectivity index (χ4v) is 2.70. The van der Waals surface area contributed by atoms with Gasteiger partial charge in [0.1, 0.15) is 5.82 Å². The normalized spacial score (nSPS) is 11.4. The number of nitrogens with zero attached hydrogens (tertiary/aromatic N) is 1. The molecule has 0 saturated carbocycles. The summed E-state index contributed by atoms with van der Waals surface area (Å²) >= 11 is 1.85. The molecule has 2 rings (SSSR count). The Hall–Kier alpha value is -1.48. The molecular weight excluding hydrogens is 252 g/mol. The monoisotopic (exact) mass is 272 g/mol. The number of aromatic nitrogens is 1. The van der Waals surface area contributed by atoms with Gasteiger partial charge in [0.05, 0.1) is 0 Å². The van der Waals surface area contributed by atoms with Crippen LogP contribution in [0.25, 0.3) is 0 Å². The average molecular weight is 272 g/mol. The molecule has 0 atom stereocenters. The second-order valence-electron chi connectivity index (χ2n) is 5.54. The van der Waals surface area contributed by atoms with Gasteiger partial charge in [-0.05, 0) is 30.7 Å². The lowest BCUT2D eigenvalue weighted by atomic mass is 10.2. The summed E-state index contributed by atoms with van der Waals surface area (Å²) < 4.78 is 0.209. The van der Waals surface area contributed by atoms with E-state index in [4.69, 9.17) is 0 Å². The molecule has 1 heterocycles. The largest absolute Gasteiger partial charge is 0.340 e. The zero-order valence-electron chi connectivity index (χ0n) is 11.9. The van der Waals surface area contributed by atoms with Crippen molar-refractivity contribution in [2.75, 3.05) is 5.32 Å². The number of hydrogen-bond acceptors (Lipinski definition) is 3. The Morgan fingerprint density at radius 1 is 1.11 bits per heavy atom. The van der Waals surface area contributed by atoms with Gasteiger partial charge in [0.15, 0.2) is 0 Å². The van der Waals surface area contributed by atoms with Gasteiger partial charge in [-0.25, -0.2) is 4.98 Å². The number of nitrogens with one attached hydrogen (secondary N) is 1. The molecule has 0 amide bonds. The van der Waals surface area contributed by atoms with Crippen molar-refractivity contribution in [2.45, 2.75) is 37.3 Å². The zero-order valence-corrected chi connectivity index (χ0v) is 12.7. The van der Waals surface area contributed by atoms with Crippen LogP contribution in [0.15, 0.2) is 47.5 Å². The third-order valence-electron chi connectivity index (χ3n) is 2.53. The van der Waals surface area contributed by atoms with Crippen LogP contribution in [0.4, 0.5) is 11.5 Å². The minimum Gasteiger partial charge on any atom is -0.340 e. The number of pyridine rings is 1. The van der Waals surface area contributed by atoms with Crippen LogP contribution in [0.5, 0.6) is 0 Å². The summed E-state index contributed by atoms with van der Waals surface area (Å²) in [6.07, 6.45) is 1.95. The Morgan fingerprint density at radius 2 is 1.79 bits per heavy atom.